The summed E-state index contributed by atoms with van der Waals surface area (Å²) in [5.74, 6) is -1.66. The van der Waals surface area contributed by atoms with Crippen molar-refractivity contribution in [1.82, 2.24) is 5.32 Å². The molecule has 3 N–H and O–H groups in total. The molecular formula is C23H28N2O4. The zero-order valence-corrected chi connectivity index (χ0v) is 17.1. The van der Waals surface area contributed by atoms with Crippen molar-refractivity contribution in [1.29, 1.82) is 0 Å². The van der Waals surface area contributed by atoms with Crippen LogP contribution in [0.15, 0.2) is 48.5 Å². The van der Waals surface area contributed by atoms with E-state index in [0.717, 1.165) is 29.7 Å². The largest absolute Gasteiger partial charge is 0.480 e. The lowest BCUT2D eigenvalue weighted by Gasteiger charge is -2.18. The number of carbonyl (C=O) groups is 3. The van der Waals surface area contributed by atoms with Gasteiger partial charge in [-0.2, -0.15) is 0 Å². The molecule has 2 rings (SSSR count). The number of aliphatic carboxylic acids is 1. The Hall–Kier alpha value is -3.15. The molecule has 154 valence electrons. The van der Waals surface area contributed by atoms with Crippen molar-refractivity contribution in [3.05, 3.63) is 54.1 Å². The Kier molecular flexibility index (Phi) is 7.95. The molecule has 1 atom stereocenters. The van der Waals surface area contributed by atoms with Crippen LogP contribution in [0.5, 0.6) is 0 Å². The predicted octanol–water partition coefficient (Wildman–Crippen LogP) is 4.32. The van der Waals surface area contributed by atoms with Crippen LogP contribution in [-0.4, -0.2) is 28.9 Å². The van der Waals surface area contributed by atoms with Gasteiger partial charge in [0.2, 0.25) is 5.91 Å². The molecule has 0 unspecified atom stereocenters. The van der Waals surface area contributed by atoms with Crippen molar-refractivity contribution in [2.24, 2.45) is 5.92 Å². The van der Waals surface area contributed by atoms with Crippen molar-refractivity contribution < 1.29 is 19.5 Å². The van der Waals surface area contributed by atoms with Gasteiger partial charge < -0.3 is 15.7 Å². The van der Waals surface area contributed by atoms with Gasteiger partial charge in [-0.25, -0.2) is 4.79 Å². The number of hydrogen-bond acceptors (Lipinski definition) is 3. The molecule has 0 radical (unpaired) electrons. The molecule has 29 heavy (non-hydrogen) atoms. The van der Waals surface area contributed by atoms with Crippen LogP contribution in [0, 0.1) is 5.92 Å². The first-order valence-electron chi connectivity index (χ1n) is 9.85. The molecule has 0 fully saturated rings. The highest BCUT2D eigenvalue weighted by atomic mass is 16.4. The summed E-state index contributed by atoms with van der Waals surface area (Å²) in [6.07, 6.45) is 2.37. The van der Waals surface area contributed by atoms with Gasteiger partial charge >= 0.3 is 5.97 Å². The van der Waals surface area contributed by atoms with E-state index in [9.17, 15) is 19.5 Å². The second-order valence-electron chi connectivity index (χ2n) is 7.34. The molecule has 0 saturated carbocycles. The summed E-state index contributed by atoms with van der Waals surface area (Å²) in [5, 5.41) is 14.6. The highest BCUT2D eigenvalue weighted by Crippen LogP contribution is 2.22. The SMILES string of the molecule is CCCCC(=O)Nc1ccc(-c2ccc(C(=O)N[C@H](C(=O)O)C(C)C)cc2)cc1. The van der Waals surface area contributed by atoms with Crippen LogP contribution in [0.3, 0.4) is 0 Å². The summed E-state index contributed by atoms with van der Waals surface area (Å²) in [4.78, 5) is 35.4. The smallest absolute Gasteiger partial charge is 0.326 e. The normalized spacial score (nSPS) is 11.7. The average molecular weight is 396 g/mol. The van der Waals surface area contributed by atoms with Gasteiger partial charge in [-0.3, -0.25) is 9.59 Å². The zero-order valence-electron chi connectivity index (χ0n) is 17.1. The number of carboxylic acid groups (broad SMARTS) is 1. The van der Waals surface area contributed by atoms with Crippen molar-refractivity contribution in [3.8, 4) is 11.1 Å². The Morgan fingerprint density at radius 1 is 0.931 bits per heavy atom. The van der Waals surface area contributed by atoms with Gasteiger partial charge in [0.15, 0.2) is 0 Å². The van der Waals surface area contributed by atoms with Crippen LogP contribution in [0.25, 0.3) is 11.1 Å². The minimum Gasteiger partial charge on any atom is -0.480 e. The number of benzene rings is 2. The number of hydrogen-bond donors (Lipinski definition) is 3. The number of anilines is 1. The van der Waals surface area contributed by atoms with Crippen LogP contribution in [0.2, 0.25) is 0 Å². The Morgan fingerprint density at radius 2 is 1.48 bits per heavy atom. The van der Waals surface area contributed by atoms with Gasteiger partial charge in [0.25, 0.3) is 5.91 Å². The van der Waals surface area contributed by atoms with Crippen molar-refractivity contribution >= 4 is 23.5 Å². The van der Waals surface area contributed by atoms with Crippen LogP contribution in [-0.2, 0) is 9.59 Å². The van der Waals surface area contributed by atoms with Gasteiger partial charge in [-0.05, 0) is 47.7 Å². The van der Waals surface area contributed by atoms with Gasteiger partial charge in [-0.15, -0.1) is 0 Å². The second-order valence-corrected chi connectivity index (χ2v) is 7.34. The van der Waals surface area contributed by atoms with Crippen molar-refractivity contribution in [3.63, 3.8) is 0 Å². The van der Waals surface area contributed by atoms with Crippen LogP contribution < -0.4 is 10.6 Å². The number of nitrogens with one attached hydrogen (secondary N) is 2. The number of carboxylic acids is 1. The van der Waals surface area contributed by atoms with E-state index >= 15 is 0 Å². The lowest BCUT2D eigenvalue weighted by Crippen LogP contribution is -2.44. The van der Waals surface area contributed by atoms with Gasteiger partial charge in [-0.1, -0.05) is 51.5 Å². The summed E-state index contributed by atoms with van der Waals surface area (Å²) in [5.41, 5.74) is 3.03. The third kappa shape index (κ3) is 6.45. The van der Waals surface area contributed by atoms with Crippen LogP contribution in [0.1, 0.15) is 50.4 Å². The molecule has 0 heterocycles. The van der Waals surface area contributed by atoms with E-state index in [1.807, 2.05) is 43.3 Å². The Morgan fingerprint density at radius 3 is 1.97 bits per heavy atom. The van der Waals surface area contributed by atoms with Gasteiger partial charge in [0, 0.05) is 17.7 Å². The molecule has 0 aromatic heterocycles. The van der Waals surface area contributed by atoms with Crippen molar-refractivity contribution in [2.75, 3.05) is 5.32 Å². The van der Waals surface area contributed by atoms with E-state index in [1.165, 1.54) is 0 Å². The minimum atomic E-state index is -1.05. The molecule has 2 aromatic carbocycles. The fourth-order valence-electron chi connectivity index (χ4n) is 2.86. The lowest BCUT2D eigenvalue weighted by atomic mass is 10.0. The molecule has 0 aliphatic heterocycles. The molecule has 0 saturated heterocycles. The summed E-state index contributed by atoms with van der Waals surface area (Å²) >= 11 is 0. The quantitative estimate of drug-likeness (QED) is 0.588. The standard InChI is InChI=1S/C23H28N2O4/c1-4-5-6-20(26)24-19-13-11-17(12-14-19)16-7-9-18(10-8-16)22(27)25-21(15(2)3)23(28)29/h7-15,21H,4-6H2,1-3H3,(H,24,26)(H,25,27)(H,28,29)/t21-/m0/s1. The van der Waals surface area contributed by atoms with E-state index < -0.39 is 17.9 Å². The lowest BCUT2D eigenvalue weighted by molar-refractivity contribution is -0.140. The van der Waals surface area contributed by atoms with Crippen LogP contribution in [0.4, 0.5) is 5.69 Å². The van der Waals surface area contributed by atoms with E-state index in [0.29, 0.717) is 12.0 Å². The maximum absolute atomic E-state index is 12.3. The fourth-order valence-corrected chi connectivity index (χ4v) is 2.86. The molecule has 0 aliphatic rings. The minimum absolute atomic E-state index is 0.0102. The third-order valence-corrected chi connectivity index (χ3v) is 4.63. The maximum atomic E-state index is 12.3. The number of unbranched alkanes of at least 4 members (excludes halogenated alkanes) is 1. The van der Waals surface area contributed by atoms with E-state index in [2.05, 4.69) is 10.6 Å². The summed E-state index contributed by atoms with van der Waals surface area (Å²) in [7, 11) is 0. The third-order valence-electron chi connectivity index (χ3n) is 4.63. The Labute approximate surface area is 171 Å². The van der Waals surface area contributed by atoms with Gasteiger partial charge in [0.1, 0.15) is 6.04 Å². The molecule has 2 amide bonds. The van der Waals surface area contributed by atoms with Gasteiger partial charge in [0.05, 0.1) is 0 Å². The number of amides is 2. The predicted molar refractivity (Wildman–Crippen MR) is 114 cm³/mol. The molecule has 0 bridgehead atoms. The first-order valence-corrected chi connectivity index (χ1v) is 9.85. The highest BCUT2D eigenvalue weighted by Gasteiger charge is 2.23. The van der Waals surface area contributed by atoms with E-state index in [1.54, 1.807) is 26.0 Å². The van der Waals surface area contributed by atoms with Crippen LogP contribution >= 0.6 is 0 Å². The highest BCUT2D eigenvalue weighted by molar-refractivity contribution is 5.97. The summed E-state index contributed by atoms with van der Waals surface area (Å²) < 4.78 is 0. The first-order chi connectivity index (χ1) is 13.8. The monoisotopic (exact) mass is 396 g/mol. The molecule has 0 aliphatic carbocycles. The number of carbonyl (C=O) groups excluding carboxylic acids is 2. The Balaban J connectivity index is 2.03. The molecule has 2 aromatic rings. The van der Waals surface area contributed by atoms with E-state index in [-0.39, 0.29) is 11.8 Å². The summed E-state index contributed by atoms with van der Waals surface area (Å²) in [6.45, 7) is 5.54. The topological polar surface area (TPSA) is 95.5 Å². The molecule has 6 nitrogen and oxygen atoms in total. The second kappa shape index (κ2) is 10.4. The molecule has 6 heteroatoms. The maximum Gasteiger partial charge on any atom is 0.326 e. The first kappa shape index (κ1) is 22.1. The average Bonchev–Trinajstić information content (AvgIpc) is 2.70. The number of rotatable bonds is 9. The zero-order chi connectivity index (χ0) is 21.4. The Bertz CT molecular complexity index is 842. The molecular weight excluding hydrogens is 368 g/mol. The summed E-state index contributed by atoms with van der Waals surface area (Å²) in [6, 6.07) is 13.5. The fraction of sp³-hybridized carbons (Fsp3) is 0.348. The van der Waals surface area contributed by atoms with E-state index in [4.69, 9.17) is 0 Å². The van der Waals surface area contributed by atoms with Crippen molar-refractivity contribution in [2.45, 2.75) is 46.1 Å². The molecule has 0 spiro atoms.